The number of aliphatic hydroxyl groups is 1. The van der Waals surface area contributed by atoms with Gasteiger partial charge in [0, 0.05) is 24.3 Å². The number of hydrogen-bond acceptors (Lipinski definition) is 4. The van der Waals surface area contributed by atoms with Crippen LogP contribution in [-0.2, 0) is 10.0 Å². The maximum absolute atomic E-state index is 12.5. The molecule has 0 aliphatic rings. The van der Waals surface area contributed by atoms with Gasteiger partial charge in [-0.15, -0.1) is 0 Å². The lowest BCUT2D eigenvalue weighted by Gasteiger charge is -2.22. The Morgan fingerprint density at radius 1 is 1.38 bits per heavy atom. The summed E-state index contributed by atoms with van der Waals surface area (Å²) >= 11 is 0. The SMILES string of the molecule is O=S(=O)(c1c[nH]c2ncccc12)N(CCO)CC(F)(F)F. The number of fused-ring (bicyclic) bond motifs is 1. The number of hydrogen-bond donors (Lipinski definition) is 2. The third-order valence-corrected chi connectivity index (χ3v) is 4.62. The molecule has 0 aliphatic heterocycles. The molecule has 2 rings (SSSR count). The van der Waals surface area contributed by atoms with E-state index in [-0.39, 0.29) is 20.2 Å². The molecule has 0 amide bonds. The van der Waals surface area contributed by atoms with Crippen molar-refractivity contribution in [2.45, 2.75) is 11.1 Å². The molecule has 21 heavy (non-hydrogen) atoms. The molecule has 0 saturated heterocycles. The fourth-order valence-electron chi connectivity index (χ4n) is 1.88. The Morgan fingerprint density at radius 3 is 2.71 bits per heavy atom. The van der Waals surface area contributed by atoms with Crippen LogP contribution in [0.15, 0.2) is 29.4 Å². The van der Waals surface area contributed by atoms with Crippen LogP contribution in [0.4, 0.5) is 13.2 Å². The highest BCUT2D eigenvalue weighted by Gasteiger charge is 2.37. The Labute approximate surface area is 118 Å². The fraction of sp³-hybridized carbons (Fsp3) is 0.364. The van der Waals surface area contributed by atoms with Gasteiger partial charge in [0.2, 0.25) is 10.0 Å². The number of nitrogens with one attached hydrogen (secondary N) is 1. The van der Waals surface area contributed by atoms with E-state index in [2.05, 4.69) is 9.97 Å². The molecule has 2 N–H and O–H groups in total. The first-order valence-corrected chi connectivity index (χ1v) is 7.29. The Hall–Kier alpha value is -1.65. The van der Waals surface area contributed by atoms with Crippen molar-refractivity contribution in [1.82, 2.24) is 14.3 Å². The van der Waals surface area contributed by atoms with Crippen LogP contribution >= 0.6 is 0 Å². The predicted molar refractivity (Wildman–Crippen MR) is 68.0 cm³/mol. The molecule has 0 radical (unpaired) electrons. The number of aliphatic hydroxyl groups excluding tert-OH is 1. The summed E-state index contributed by atoms with van der Waals surface area (Å²) in [6, 6.07) is 2.92. The summed E-state index contributed by atoms with van der Waals surface area (Å²) in [6.07, 6.45) is -2.18. The highest BCUT2D eigenvalue weighted by Crippen LogP contribution is 2.26. The number of aromatic amines is 1. The van der Waals surface area contributed by atoms with Crippen molar-refractivity contribution in [2.75, 3.05) is 19.7 Å². The molecule has 116 valence electrons. The zero-order valence-corrected chi connectivity index (χ0v) is 11.4. The minimum absolute atomic E-state index is 0.197. The van der Waals surface area contributed by atoms with Crippen LogP contribution in [0, 0.1) is 0 Å². The van der Waals surface area contributed by atoms with E-state index in [1.54, 1.807) is 0 Å². The zero-order chi connectivity index (χ0) is 15.7. The van der Waals surface area contributed by atoms with Gasteiger partial charge in [-0.05, 0) is 12.1 Å². The summed E-state index contributed by atoms with van der Waals surface area (Å²) in [5, 5.41) is 9.01. The van der Waals surface area contributed by atoms with Gasteiger partial charge in [0.25, 0.3) is 0 Å². The summed E-state index contributed by atoms with van der Waals surface area (Å²) in [7, 11) is -4.40. The number of alkyl halides is 3. The second-order valence-corrected chi connectivity index (χ2v) is 6.14. The van der Waals surface area contributed by atoms with Crippen LogP contribution < -0.4 is 0 Å². The molecule has 6 nitrogen and oxygen atoms in total. The minimum atomic E-state index is -4.70. The van der Waals surface area contributed by atoms with Gasteiger partial charge >= 0.3 is 6.18 Å². The van der Waals surface area contributed by atoms with Gasteiger partial charge in [-0.2, -0.15) is 17.5 Å². The number of sulfonamides is 1. The number of nitrogens with zero attached hydrogens (tertiary/aromatic N) is 2. The lowest BCUT2D eigenvalue weighted by molar-refractivity contribution is -0.136. The van der Waals surface area contributed by atoms with Crippen LogP contribution in [0.25, 0.3) is 11.0 Å². The summed E-state index contributed by atoms with van der Waals surface area (Å²) < 4.78 is 62.4. The quantitative estimate of drug-likeness (QED) is 0.863. The summed E-state index contributed by atoms with van der Waals surface area (Å²) in [5.74, 6) is 0. The van der Waals surface area contributed by atoms with Crippen molar-refractivity contribution in [1.29, 1.82) is 0 Å². The highest BCUT2D eigenvalue weighted by molar-refractivity contribution is 7.89. The molecule has 0 atom stereocenters. The second-order valence-electron chi connectivity index (χ2n) is 4.23. The predicted octanol–water partition coefficient (Wildman–Crippen LogP) is 1.11. The average molecular weight is 323 g/mol. The monoisotopic (exact) mass is 323 g/mol. The van der Waals surface area contributed by atoms with Crippen molar-refractivity contribution in [3.05, 3.63) is 24.5 Å². The maximum Gasteiger partial charge on any atom is 0.402 e. The lowest BCUT2D eigenvalue weighted by atomic mass is 10.3. The number of pyridine rings is 1. The molecule has 2 heterocycles. The summed E-state index contributed by atoms with van der Waals surface area (Å²) in [4.78, 5) is 6.18. The lowest BCUT2D eigenvalue weighted by Crippen LogP contribution is -2.40. The smallest absolute Gasteiger partial charge is 0.395 e. The van der Waals surface area contributed by atoms with E-state index < -0.39 is 35.9 Å². The third kappa shape index (κ3) is 3.34. The van der Waals surface area contributed by atoms with Crippen molar-refractivity contribution in [3.8, 4) is 0 Å². The van der Waals surface area contributed by atoms with Gasteiger partial charge in [0.15, 0.2) is 0 Å². The number of halogens is 3. The molecule has 2 aromatic heterocycles. The van der Waals surface area contributed by atoms with Crippen LogP contribution in [0.5, 0.6) is 0 Å². The van der Waals surface area contributed by atoms with E-state index in [1.165, 1.54) is 18.3 Å². The van der Waals surface area contributed by atoms with Crippen molar-refractivity contribution in [2.24, 2.45) is 0 Å². The topological polar surface area (TPSA) is 86.3 Å². The molecule has 0 saturated carbocycles. The number of aromatic nitrogens is 2. The molecule has 2 aromatic rings. The largest absolute Gasteiger partial charge is 0.402 e. The molecular weight excluding hydrogens is 311 g/mol. The first kappa shape index (κ1) is 15.7. The van der Waals surface area contributed by atoms with E-state index in [9.17, 15) is 21.6 Å². The number of H-pyrrole nitrogens is 1. The second kappa shape index (κ2) is 5.62. The van der Waals surface area contributed by atoms with Gasteiger partial charge in [-0.25, -0.2) is 13.4 Å². The van der Waals surface area contributed by atoms with Gasteiger partial charge in [0.05, 0.1) is 6.61 Å². The Balaban J connectivity index is 2.47. The average Bonchev–Trinajstić information content (AvgIpc) is 2.81. The molecule has 0 spiro atoms. The fourth-order valence-corrected chi connectivity index (χ4v) is 3.45. The van der Waals surface area contributed by atoms with E-state index in [4.69, 9.17) is 5.11 Å². The summed E-state index contributed by atoms with van der Waals surface area (Å²) in [6.45, 7) is -3.02. The van der Waals surface area contributed by atoms with Crippen LogP contribution in [-0.4, -0.2) is 53.7 Å². The van der Waals surface area contributed by atoms with Crippen LogP contribution in [0.1, 0.15) is 0 Å². The summed E-state index contributed by atoms with van der Waals surface area (Å²) in [5.41, 5.74) is 0.257. The first-order valence-electron chi connectivity index (χ1n) is 5.85. The van der Waals surface area contributed by atoms with Crippen molar-refractivity contribution in [3.63, 3.8) is 0 Å². The maximum atomic E-state index is 12.5. The van der Waals surface area contributed by atoms with Gasteiger partial charge in [0.1, 0.15) is 17.1 Å². The Kier molecular flexibility index (Phi) is 4.21. The van der Waals surface area contributed by atoms with E-state index in [0.717, 1.165) is 6.20 Å². The van der Waals surface area contributed by atoms with Crippen molar-refractivity contribution < 1.29 is 26.7 Å². The van der Waals surface area contributed by atoms with Crippen LogP contribution in [0.3, 0.4) is 0 Å². The van der Waals surface area contributed by atoms with E-state index >= 15 is 0 Å². The molecule has 0 bridgehead atoms. The minimum Gasteiger partial charge on any atom is -0.395 e. The molecule has 0 aliphatic carbocycles. The van der Waals surface area contributed by atoms with Gasteiger partial charge < -0.3 is 10.1 Å². The Bertz CT molecular complexity index is 727. The van der Waals surface area contributed by atoms with Gasteiger partial charge in [-0.3, -0.25) is 0 Å². The third-order valence-electron chi connectivity index (χ3n) is 2.74. The molecule has 0 fully saturated rings. The molecule has 0 aromatic carbocycles. The Morgan fingerprint density at radius 2 is 2.10 bits per heavy atom. The standard InChI is InChI=1S/C11H12F3N3O3S/c12-11(13,14)7-17(4-5-18)21(19,20)9-6-16-10-8(9)2-1-3-15-10/h1-3,6,18H,4-5,7H2,(H,15,16). The zero-order valence-electron chi connectivity index (χ0n) is 10.6. The van der Waals surface area contributed by atoms with E-state index in [0.29, 0.717) is 0 Å². The van der Waals surface area contributed by atoms with Crippen LogP contribution in [0.2, 0.25) is 0 Å². The van der Waals surface area contributed by atoms with E-state index in [1.807, 2.05) is 0 Å². The molecular formula is C11H12F3N3O3S. The van der Waals surface area contributed by atoms with Gasteiger partial charge in [-0.1, -0.05) is 0 Å². The van der Waals surface area contributed by atoms with Crippen molar-refractivity contribution >= 4 is 21.1 Å². The molecule has 10 heteroatoms. The normalized spacial score (nSPS) is 13.2. The molecule has 0 unspecified atom stereocenters. The first-order chi connectivity index (χ1) is 9.75. The highest BCUT2D eigenvalue weighted by atomic mass is 32.2. The number of rotatable bonds is 5.